The van der Waals surface area contributed by atoms with Crippen LogP contribution in [0.4, 0.5) is 5.69 Å². The van der Waals surface area contributed by atoms with Crippen LogP contribution in [0.1, 0.15) is 23.4 Å². The molecule has 0 aliphatic carbocycles. The predicted octanol–water partition coefficient (Wildman–Crippen LogP) is 2.21. The van der Waals surface area contributed by atoms with Gasteiger partial charge in [-0.15, -0.1) is 0 Å². The molecule has 1 fully saturated rings. The van der Waals surface area contributed by atoms with Gasteiger partial charge in [-0.3, -0.25) is 9.59 Å². The number of benzene rings is 1. The summed E-state index contributed by atoms with van der Waals surface area (Å²) in [5.41, 5.74) is 0.608. The molecule has 1 saturated heterocycles. The van der Waals surface area contributed by atoms with E-state index < -0.39 is 0 Å². The molecule has 0 saturated carbocycles. The summed E-state index contributed by atoms with van der Waals surface area (Å²) in [6, 6.07) is 9.99. The SMILES string of the molecule is O=C(COc1ccc(NC(=O)c2ccco2)cc1)NCC1CCCO1. The zero-order chi connectivity index (χ0) is 17.5. The van der Waals surface area contributed by atoms with Crippen molar-refractivity contribution in [1.82, 2.24) is 5.32 Å². The Morgan fingerprint density at radius 1 is 1.20 bits per heavy atom. The summed E-state index contributed by atoms with van der Waals surface area (Å²) in [5.74, 6) is 0.268. The van der Waals surface area contributed by atoms with E-state index in [2.05, 4.69) is 10.6 Å². The zero-order valence-corrected chi connectivity index (χ0v) is 13.7. The molecule has 2 aromatic rings. The fourth-order valence-corrected chi connectivity index (χ4v) is 2.47. The van der Waals surface area contributed by atoms with Gasteiger partial charge in [0.2, 0.25) is 0 Å². The van der Waals surface area contributed by atoms with E-state index in [1.54, 1.807) is 36.4 Å². The number of hydrogen-bond acceptors (Lipinski definition) is 5. The normalized spacial score (nSPS) is 16.4. The first-order chi connectivity index (χ1) is 12.2. The van der Waals surface area contributed by atoms with Crippen molar-refractivity contribution in [3.05, 3.63) is 48.4 Å². The van der Waals surface area contributed by atoms with Gasteiger partial charge in [0.1, 0.15) is 5.75 Å². The highest BCUT2D eigenvalue weighted by Crippen LogP contribution is 2.16. The molecule has 132 valence electrons. The first-order valence-corrected chi connectivity index (χ1v) is 8.17. The van der Waals surface area contributed by atoms with Gasteiger partial charge in [-0.2, -0.15) is 0 Å². The Morgan fingerprint density at radius 3 is 2.72 bits per heavy atom. The van der Waals surface area contributed by atoms with Crippen LogP contribution in [0.3, 0.4) is 0 Å². The van der Waals surface area contributed by atoms with E-state index in [1.165, 1.54) is 6.26 Å². The molecular weight excluding hydrogens is 324 g/mol. The van der Waals surface area contributed by atoms with E-state index in [4.69, 9.17) is 13.9 Å². The third-order valence-corrected chi connectivity index (χ3v) is 3.78. The molecule has 25 heavy (non-hydrogen) atoms. The van der Waals surface area contributed by atoms with E-state index >= 15 is 0 Å². The molecule has 1 aromatic heterocycles. The highest BCUT2D eigenvalue weighted by atomic mass is 16.5. The maximum absolute atomic E-state index is 11.9. The number of amides is 2. The number of furan rings is 1. The molecule has 7 heteroatoms. The van der Waals surface area contributed by atoms with Crippen molar-refractivity contribution in [3.63, 3.8) is 0 Å². The fraction of sp³-hybridized carbons (Fsp3) is 0.333. The van der Waals surface area contributed by atoms with Crippen LogP contribution in [0, 0.1) is 0 Å². The van der Waals surface area contributed by atoms with Crippen molar-refractivity contribution in [2.24, 2.45) is 0 Å². The van der Waals surface area contributed by atoms with Crippen LogP contribution < -0.4 is 15.4 Å². The minimum atomic E-state index is -0.327. The molecule has 7 nitrogen and oxygen atoms in total. The largest absolute Gasteiger partial charge is 0.484 e. The molecule has 0 radical (unpaired) electrons. The van der Waals surface area contributed by atoms with E-state index in [0.29, 0.717) is 18.0 Å². The lowest BCUT2D eigenvalue weighted by molar-refractivity contribution is -0.123. The van der Waals surface area contributed by atoms with Crippen molar-refractivity contribution in [1.29, 1.82) is 0 Å². The predicted molar refractivity (Wildman–Crippen MR) is 90.6 cm³/mol. The van der Waals surface area contributed by atoms with Gasteiger partial charge in [-0.25, -0.2) is 0 Å². The minimum absolute atomic E-state index is 0.0647. The van der Waals surface area contributed by atoms with Gasteiger partial charge in [-0.05, 0) is 49.2 Å². The van der Waals surface area contributed by atoms with Crippen molar-refractivity contribution >= 4 is 17.5 Å². The number of ether oxygens (including phenoxy) is 2. The number of hydrogen-bond donors (Lipinski definition) is 2. The lowest BCUT2D eigenvalue weighted by atomic mass is 10.2. The first-order valence-electron chi connectivity index (χ1n) is 8.17. The Labute approximate surface area is 145 Å². The van der Waals surface area contributed by atoms with Gasteiger partial charge in [0.15, 0.2) is 12.4 Å². The molecule has 1 aliphatic heterocycles. The first kappa shape index (κ1) is 17.0. The van der Waals surface area contributed by atoms with Crippen molar-refractivity contribution in [2.45, 2.75) is 18.9 Å². The average Bonchev–Trinajstić information content (AvgIpc) is 3.33. The van der Waals surface area contributed by atoms with Crippen LogP contribution in [0.25, 0.3) is 0 Å². The van der Waals surface area contributed by atoms with Crippen LogP contribution in [0.15, 0.2) is 47.1 Å². The summed E-state index contributed by atoms with van der Waals surface area (Å²) >= 11 is 0. The molecule has 1 atom stereocenters. The van der Waals surface area contributed by atoms with Crippen LogP contribution >= 0.6 is 0 Å². The van der Waals surface area contributed by atoms with Crippen LogP contribution in [-0.4, -0.2) is 37.7 Å². The third-order valence-electron chi connectivity index (χ3n) is 3.78. The van der Waals surface area contributed by atoms with E-state index in [-0.39, 0.29) is 30.3 Å². The van der Waals surface area contributed by atoms with E-state index in [0.717, 1.165) is 19.4 Å². The Hall–Kier alpha value is -2.80. The fourth-order valence-electron chi connectivity index (χ4n) is 2.47. The minimum Gasteiger partial charge on any atom is -0.484 e. The van der Waals surface area contributed by atoms with Gasteiger partial charge in [0.05, 0.1) is 12.4 Å². The molecule has 0 bridgehead atoms. The quantitative estimate of drug-likeness (QED) is 0.804. The average molecular weight is 344 g/mol. The smallest absolute Gasteiger partial charge is 0.291 e. The summed E-state index contributed by atoms with van der Waals surface area (Å²) in [7, 11) is 0. The zero-order valence-electron chi connectivity index (χ0n) is 13.7. The Morgan fingerprint density at radius 2 is 2.04 bits per heavy atom. The standard InChI is InChI=1S/C18H20N2O5/c21-17(19-11-15-3-1-9-23-15)12-25-14-7-5-13(6-8-14)20-18(22)16-4-2-10-24-16/h2,4-8,10,15H,1,3,9,11-12H2,(H,19,21)(H,20,22). The van der Waals surface area contributed by atoms with Gasteiger partial charge >= 0.3 is 0 Å². The molecule has 3 rings (SSSR count). The Bertz CT molecular complexity index is 691. The Kier molecular flexibility index (Phi) is 5.69. The molecule has 1 aliphatic rings. The maximum atomic E-state index is 11.9. The second-order valence-electron chi connectivity index (χ2n) is 5.68. The summed E-state index contributed by atoms with van der Waals surface area (Å²) in [6.45, 7) is 1.21. The monoisotopic (exact) mass is 344 g/mol. The molecule has 1 unspecified atom stereocenters. The number of carbonyl (C=O) groups excluding carboxylic acids is 2. The van der Waals surface area contributed by atoms with Gasteiger partial charge in [0.25, 0.3) is 11.8 Å². The lowest BCUT2D eigenvalue weighted by Crippen LogP contribution is -2.35. The number of carbonyl (C=O) groups is 2. The van der Waals surface area contributed by atoms with Crippen LogP contribution in [-0.2, 0) is 9.53 Å². The highest BCUT2D eigenvalue weighted by molar-refractivity contribution is 6.02. The van der Waals surface area contributed by atoms with E-state index in [1.807, 2.05) is 0 Å². The second-order valence-corrected chi connectivity index (χ2v) is 5.68. The van der Waals surface area contributed by atoms with Crippen molar-refractivity contribution in [2.75, 3.05) is 25.1 Å². The van der Waals surface area contributed by atoms with Crippen molar-refractivity contribution in [3.8, 4) is 5.75 Å². The van der Waals surface area contributed by atoms with E-state index in [9.17, 15) is 9.59 Å². The van der Waals surface area contributed by atoms with Crippen LogP contribution in [0.5, 0.6) is 5.75 Å². The summed E-state index contributed by atoms with van der Waals surface area (Å²) in [5, 5.41) is 5.50. The summed E-state index contributed by atoms with van der Waals surface area (Å²) in [6.07, 6.45) is 3.57. The number of rotatable bonds is 7. The molecular formula is C18H20N2O5. The second kappa shape index (κ2) is 8.34. The number of anilines is 1. The Balaban J connectivity index is 1.41. The molecule has 1 aromatic carbocycles. The topological polar surface area (TPSA) is 89.8 Å². The molecule has 2 N–H and O–H groups in total. The van der Waals surface area contributed by atoms with Gasteiger partial charge < -0.3 is 24.5 Å². The summed E-state index contributed by atoms with van der Waals surface area (Å²) in [4.78, 5) is 23.6. The number of nitrogens with one attached hydrogen (secondary N) is 2. The van der Waals surface area contributed by atoms with Crippen LogP contribution in [0.2, 0.25) is 0 Å². The molecule has 2 heterocycles. The van der Waals surface area contributed by atoms with Gasteiger partial charge in [-0.1, -0.05) is 0 Å². The van der Waals surface area contributed by atoms with Gasteiger partial charge in [0, 0.05) is 18.8 Å². The molecule has 2 amide bonds. The summed E-state index contributed by atoms with van der Waals surface area (Å²) < 4.78 is 15.9. The van der Waals surface area contributed by atoms with Crippen molar-refractivity contribution < 1.29 is 23.5 Å². The molecule has 0 spiro atoms. The lowest BCUT2D eigenvalue weighted by Gasteiger charge is -2.11. The maximum Gasteiger partial charge on any atom is 0.291 e. The third kappa shape index (κ3) is 5.09. The highest BCUT2D eigenvalue weighted by Gasteiger charge is 2.16.